The molecule has 0 aliphatic carbocycles. The molecule has 1 aliphatic rings. The number of sulfonamides is 1. The number of ketones is 1. The molecule has 30 heavy (non-hydrogen) atoms. The first-order chi connectivity index (χ1) is 14.3. The minimum Gasteiger partial charge on any atom is -0.494 e. The first-order valence-corrected chi connectivity index (χ1v) is 12.1. The third kappa shape index (κ3) is 5.40. The lowest BCUT2D eigenvalue weighted by molar-refractivity contribution is -0.148. The van der Waals surface area contributed by atoms with Crippen LogP contribution >= 0.6 is 22.9 Å². The summed E-state index contributed by atoms with van der Waals surface area (Å²) in [4.78, 5) is 24.9. The van der Waals surface area contributed by atoms with Gasteiger partial charge in [-0.1, -0.05) is 11.6 Å². The van der Waals surface area contributed by atoms with Crippen LogP contribution in [-0.4, -0.2) is 50.8 Å². The smallest absolute Gasteiger partial charge is 0.309 e. The van der Waals surface area contributed by atoms with Gasteiger partial charge < -0.3 is 9.47 Å². The number of nitrogens with zero attached hydrogens (tertiary/aromatic N) is 1. The van der Waals surface area contributed by atoms with Crippen molar-refractivity contribution in [3.05, 3.63) is 45.6 Å². The van der Waals surface area contributed by atoms with Crippen molar-refractivity contribution in [2.75, 3.05) is 26.3 Å². The van der Waals surface area contributed by atoms with Crippen molar-refractivity contribution in [3.8, 4) is 5.75 Å². The highest BCUT2D eigenvalue weighted by atomic mass is 35.5. The van der Waals surface area contributed by atoms with Gasteiger partial charge in [-0.05, 0) is 56.2 Å². The molecule has 1 aliphatic heterocycles. The maximum absolute atomic E-state index is 12.8. The van der Waals surface area contributed by atoms with Crippen molar-refractivity contribution in [1.29, 1.82) is 0 Å². The standard InChI is InChI=1S/C20H22ClNO6S2/c1-2-27-15-3-5-16(6-4-15)30(25,26)22-11-9-14(10-12-22)20(24)28-13-17(23)18-7-8-19(21)29-18/h3-8,14H,2,9-13H2,1H3. The fourth-order valence-electron chi connectivity index (χ4n) is 3.15. The Bertz CT molecular complexity index is 995. The van der Waals surface area contributed by atoms with E-state index in [1.54, 1.807) is 24.3 Å². The van der Waals surface area contributed by atoms with Gasteiger partial charge in [0.2, 0.25) is 15.8 Å². The second-order valence-corrected chi connectivity index (χ2v) is 10.4. The van der Waals surface area contributed by atoms with Crippen molar-refractivity contribution in [2.45, 2.75) is 24.7 Å². The zero-order chi connectivity index (χ0) is 21.7. The predicted octanol–water partition coefficient (Wildman–Crippen LogP) is 3.63. The van der Waals surface area contributed by atoms with Crippen molar-refractivity contribution in [3.63, 3.8) is 0 Å². The molecule has 2 aromatic rings. The molecule has 1 aromatic heterocycles. The Balaban J connectivity index is 1.52. The third-order valence-electron chi connectivity index (χ3n) is 4.75. The van der Waals surface area contributed by atoms with Crippen LogP contribution in [-0.2, 0) is 19.6 Å². The summed E-state index contributed by atoms with van der Waals surface area (Å²) in [6, 6.07) is 9.48. The monoisotopic (exact) mass is 471 g/mol. The zero-order valence-electron chi connectivity index (χ0n) is 16.4. The Morgan fingerprint density at radius 2 is 1.80 bits per heavy atom. The van der Waals surface area contributed by atoms with E-state index in [0.717, 1.165) is 11.3 Å². The van der Waals surface area contributed by atoms with Crippen LogP contribution in [0.15, 0.2) is 41.3 Å². The predicted molar refractivity (Wildman–Crippen MR) is 114 cm³/mol. The number of ether oxygens (including phenoxy) is 2. The maximum atomic E-state index is 12.8. The molecule has 1 fully saturated rings. The molecule has 0 spiro atoms. The number of Topliss-reactive ketones (excluding diaryl/α,β-unsaturated/α-hetero) is 1. The zero-order valence-corrected chi connectivity index (χ0v) is 18.8. The number of halogens is 1. The average Bonchev–Trinajstić information content (AvgIpc) is 3.19. The van der Waals surface area contributed by atoms with Gasteiger partial charge in [-0.15, -0.1) is 11.3 Å². The summed E-state index contributed by atoms with van der Waals surface area (Å²) in [5.74, 6) is -0.617. The van der Waals surface area contributed by atoms with E-state index in [2.05, 4.69) is 0 Å². The summed E-state index contributed by atoms with van der Waals surface area (Å²) in [5, 5.41) is 0. The fraction of sp³-hybridized carbons (Fsp3) is 0.400. The van der Waals surface area contributed by atoms with E-state index in [1.807, 2.05) is 6.92 Å². The largest absolute Gasteiger partial charge is 0.494 e. The van der Waals surface area contributed by atoms with Gasteiger partial charge >= 0.3 is 5.97 Å². The highest BCUT2D eigenvalue weighted by Crippen LogP contribution is 2.26. The summed E-state index contributed by atoms with van der Waals surface area (Å²) in [5.41, 5.74) is 0. The van der Waals surface area contributed by atoms with E-state index in [1.165, 1.54) is 16.4 Å². The van der Waals surface area contributed by atoms with Gasteiger partial charge in [0, 0.05) is 13.1 Å². The third-order valence-corrected chi connectivity index (χ3v) is 7.94. The van der Waals surface area contributed by atoms with Crippen molar-refractivity contribution < 1.29 is 27.5 Å². The Morgan fingerprint density at radius 3 is 2.37 bits per heavy atom. The summed E-state index contributed by atoms with van der Waals surface area (Å²) >= 11 is 6.93. The van der Waals surface area contributed by atoms with E-state index in [9.17, 15) is 18.0 Å². The molecular weight excluding hydrogens is 450 g/mol. The van der Waals surface area contributed by atoms with Crippen molar-refractivity contribution in [2.24, 2.45) is 5.92 Å². The SMILES string of the molecule is CCOc1ccc(S(=O)(=O)N2CCC(C(=O)OCC(=O)c3ccc(Cl)s3)CC2)cc1. The molecular formula is C20H22ClNO6S2. The lowest BCUT2D eigenvalue weighted by Gasteiger charge is -2.30. The van der Waals surface area contributed by atoms with Crippen molar-refractivity contribution in [1.82, 2.24) is 4.31 Å². The Kier molecular flexibility index (Phi) is 7.51. The van der Waals surface area contributed by atoms with Crippen LogP contribution in [0, 0.1) is 5.92 Å². The van der Waals surface area contributed by atoms with Gasteiger partial charge in [-0.2, -0.15) is 4.31 Å². The molecule has 3 rings (SSSR count). The van der Waals surface area contributed by atoms with E-state index >= 15 is 0 Å². The normalized spacial score (nSPS) is 15.7. The number of hydrogen-bond acceptors (Lipinski definition) is 7. The van der Waals surface area contributed by atoms with E-state index in [0.29, 0.717) is 34.4 Å². The minimum absolute atomic E-state index is 0.187. The molecule has 0 bridgehead atoms. The molecule has 2 heterocycles. The highest BCUT2D eigenvalue weighted by molar-refractivity contribution is 7.89. The number of carbonyl (C=O) groups is 2. The van der Waals surface area contributed by atoms with Gasteiger partial charge in [0.15, 0.2) is 6.61 Å². The van der Waals surface area contributed by atoms with Gasteiger partial charge in [0.1, 0.15) is 5.75 Å². The second kappa shape index (κ2) is 9.91. The molecule has 1 aromatic carbocycles. The minimum atomic E-state index is -3.64. The Hall–Kier alpha value is -1.94. The number of hydrogen-bond donors (Lipinski definition) is 0. The summed E-state index contributed by atoms with van der Waals surface area (Å²) in [6.45, 7) is 2.43. The van der Waals surface area contributed by atoms with Gasteiger partial charge in [-0.25, -0.2) is 8.42 Å². The lowest BCUT2D eigenvalue weighted by Crippen LogP contribution is -2.40. The van der Waals surface area contributed by atoms with Crippen LogP contribution in [0.25, 0.3) is 0 Å². The van der Waals surface area contributed by atoms with E-state index in [-0.39, 0.29) is 30.4 Å². The molecule has 7 nitrogen and oxygen atoms in total. The molecule has 162 valence electrons. The Labute approximate surface area is 184 Å². The van der Waals surface area contributed by atoms with Gasteiger partial charge in [0.25, 0.3) is 0 Å². The van der Waals surface area contributed by atoms with E-state index in [4.69, 9.17) is 21.1 Å². The quantitative estimate of drug-likeness (QED) is 0.431. The summed E-state index contributed by atoms with van der Waals surface area (Å²) < 4.78 is 38.0. The number of carbonyl (C=O) groups excluding carboxylic acids is 2. The molecule has 0 saturated carbocycles. The molecule has 0 radical (unpaired) electrons. The summed E-state index contributed by atoms with van der Waals surface area (Å²) in [6.07, 6.45) is 0.683. The fourth-order valence-corrected chi connectivity index (χ4v) is 5.58. The second-order valence-electron chi connectivity index (χ2n) is 6.72. The average molecular weight is 472 g/mol. The number of rotatable bonds is 8. The van der Waals surface area contributed by atoms with Crippen LogP contribution in [0.1, 0.15) is 29.4 Å². The number of thiophene rings is 1. The van der Waals surface area contributed by atoms with Crippen molar-refractivity contribution >= 4 is 44.7 Å². The number of piperidine rings is 1. The van der Waals surface area contributed by atoms with E-state index < -0.39 is 21.9 Å². The highest BCUT2D eigenvalue weighted by Gasteiger charge is 2.33. The first kappa shape index (κ1) is 22.7. The lowest BCUT2D eigenvalue weighted by atomic mass is 9.98. The molecule has 0 unspecified atom stereocenters. The van der Waals surface area contributed by atoms with Gasteiger partial charge in [-0.3, -0.25) is 9.59 Å². The summed E-state index contributed by atoms with van der Waals surface area (Å²) in [7, 11) is -3.64. The van der Waals surface area contributed by atoms with Crippen LogP contribution in [0.3, 0.4) is 0 Å². The molecule has 0 N–H and O–H groups in total. The van der Waals surface area contributed by atoms with Crippen LogP contribution in [0.2, 0.25) is 4.34 Å². The van der Waals surface area contributed by atoms with Crippen LogP contribution in [0.4, 0.5) is 0 Å². The van der Waals surface area contributed by atoms with Crippen LogP contribution in [0.5, 0.6) is 5.75 Å². The first-order valence-electron chi connectivity index (χ1n) is 9.49. The number of esters is 1. The molecule has 0 amide bonds. The molecule has 0 atom stereocenters. The van der Waals surface area contributed by atoms with Crippen LogP contribution < -0.4 is 4.74 Å². The Morgan fingerprint density at radius 1 is 1.13 bits per heavy atom. The topological polar surface area (TPSA) is 90.0 Å². The maximum Gasteiger partial charge on any atom is 0.309 e. The molecule has 1 saturated heterocycles. The number of benzene rings is 1. The molecule has 10 heteroatoms. The van der Waals surface area contributed by atoms with Gasteiger partial charge in [0.05, 0.1) is 26.6 Å².